The minimum atomic E-state index is -0.670. The summed E-state index contributed by atoms with van der Waals surface area (Å²) < 4.78 is 0. The molecule has 0 spiro atoms. The second kappa shape index (κ2) is 11.8. The van der Waals surface area contributed by atoms with Crippen LogP contribution in [0.3, 0.4) is 0 Å². The van der Waals surface area contributed by atoms with E-state index in [0.717, 1.165) is 11.1 Å². The van der Waals surface area contributed by atoms with Gasteiger partial charge in [-0.1, -0.05) is 58.5 Å². The second-order valence-electron chi connectivity index (χ2n) is 8.41. The number of thioether (sulfide) groups is 1. The van der Waals surface area contributed by atoms with Gasteiger partial charge in [-0.3, -0.25) is 9.59 Å². The number of amides is 2. The van der Waals surface area contributed by atoms with E-state index in [1.165, 1.54) is 11.8 Å². The van der Waals surface area contributed by atoms with Crippen molar-refractivity contribution in [2.24, 2.45) is 0 Å². The van der Waals surface area contributed by atoms with Crippen LogP contribution in [-0.2, 0) is 21.9 Å². The Kier molecular flexibility index (Phi) is 10.0. The fourth-order valence-electron chi connectivity index (χ4n) is 2.86. The highest BCUT2D eigenvalue weighted by Gasteiger charge is 2.28. The van der Waals surface area contributed by atoms with Crippen LogP contribution in [0.1, 0.15) is 38.8 Å². The Balaban J connectivity index is 2.15. The van der Waals surface area contributed by atoms with Crippen LogP contribution in [0, 0.1) is 0 Å². The average molecular weight is 536 g/mol. The summed E-state index contributed by atoms with van der Waals surface area (Å²) in [5.41, 5.74) is 1.27. The predicted molar refractivity (Wildman–Crippen MR) is 137 cm³/mol. The van der Waals surface area contributed by atoms with Crippen molar-refractivity contribution in [3.05, 3.63) is 67.6 Å². The van der Waals surface area contributed by atoms with Crippen LogP contribution >= 0.6 is 58.2 Å². The van der Waals surface area contributed by atoms with Crippen molar-refractivity contribution in [1.29, 1.82) is 0 Å². The van der Waals surface area contributed by atoms with Gasteiger partial charge in [0.25, 0.3) is 0 Å². The number of halogens is 4. The molecule has 1 atom stereocenters. The number of benzene rings is 2. The topological polar surface area (TPSA) is 49.4 Å². The molecule has 1 N–H and O–H groups in total. The van der Waals surface area contributed by atoms with E-state index in [1.807, 2.05) is 26.8 Å². The van der Waals surface area contributed by atoms with Gasteiger partial charge in [0.05, 0.1) is 15.8 Å². The summed E-state index contributed by atoms with van der Waals surface area (Å²) in [5.74, 6) is 0.345. The van der Waals surface area contributed by atoms with Gasteiger partial charge in [-0.2, -0.15) is 0 Å². The van der Waals surface area contributed by atoms with Crippen molar-refractivity contribution in [1.82, 2.24) is 10.2 Å². The fourth-order valence-corrected chi connectivity index (χ4v) is 4.65. The largest absolute Gasteiger partial charge is 0.350 e. The van der Waals surface area contributed by atoms with Gasteiger partial charge in [0.15, 0.2) is 0 Å². The van der Waals surface area contributed by atoms with Gasteiger partial charge in [-0.05, 0) is 63.1 Å². The molecule has 0 aromatic heterocycles. The van der Waals surface area contributed by atoms with Crippen LogP contribution in [0.25, 0.3) is 0 Å². The third-order valence-corrected chi connectivity index (χ3v) is 6.79. The number of hydrogen-bond donors (Lipinski definition) is 1. The van der Waals surface area contributed by atoms with Gasteiger partial charge in [-0.15, -0.1) is 11.8 Å². The Bertz CT molecular complexity index is 979. The van der Waals surface area contributed by atoms with E-state index in [0.29, 0.717) is 25.8 Å². The van der Waals surface area contributed by atoms with E-state index in [2.05, 4.69) is 5.32 Å². The summed E-state index contributed by atoms with van der Waals surface area (Å²) in [6.45, 7) is 7.64. The number of carbonyl (C=O) groups excluding carboxylic acids is 2. The molecular weight excluding hydrogens is 510 g/mol. The maximum Gasteiger partial charge on any atom is 0.242 e. The van der Waals surface area contributed by atoms with Gasteiger partial charge in [0.1, 0.15) is 6.04 Å². The van der Waals surface area contributed by atoms with Gasteiger partial charge in [0, 0.05) is 27.9 Å². The lowest BCUT2D eigenvalue weighted by molar-refractivity contribution is -0.139. The molecule has 0 aliphatic carbocycles. The molecule has 0 fully saturated rings. The fraction of sp³-hybridized carbons (Fsp3) is 0.391. The van der Waals surface area contributed by atoms with E-state index in [9.17, 15) is 9.59 Å². The van der Waals surface area contributed by atoms with E-state index < -0.39 is 11.6 Å². The van der Waals surface area contributed by atoms with Gasteiger partial charge in [0.2, 0.25) is 11.8 Å². The maximum absolute atomic E-state index is 13.2. The van der Waals surface area contributed by atoms with Crippen LogP contribution in [0.4, 0.5) is 0 Å². The zero-order valence-corrected chi connectivity index (χ0v) is 22.2. The summed E-state index contributed by atoms with van der Waals surface area (Å²) in [4.78, 5) is 27.5. The lowest BCUT2D eigenvalue weighted by atomic mass is 10.1. The summed E-state index contributed by atoms with van der Waals surface area (Å²) >= 11 is 25.8. The Morgan fingerprint density at radius 2 is 1.69 bits per heavy atom. The molecule has 9 heteroatoms. The highest BCUT2D eigenvalue weighted by atomic mass is 35.5. The molecule has 0 radical (unpaired) electrons. The third-order valence-electron chi connectivity index (χ3n) is 4.50. The van der Waals surface area contributed by atoms with E-state index in [4.69, 9.17) is 46.4 Å². The first-order valence-electron chi connectivity index (χ1n) is 9.94. The number of carbonyl (C=O) groups is 2. The van der Waals surface area contributed by atoms with Crippen LogP contribution in [-0.4, -0.2) is 34.0 Å². The van der Waals surface area contributed by atoms with Crippen molar-refractivity contribution in [3.63, 3.8) is 0 Å². The molecule has 0 saturated carbocycles. The minimum absolute atomic E-state index is 0.164. The van der Waals surface area contributed by atoms with Crippen LogP contribution < -0.4 is 5.32 Å². The molecule has 0 aliphatic heterocycles. The summed E-state index contributed by atoms with van der Waals surface area (Å²) in [6.07, 6.45) is 0. The van der Waals surface area contributed by atoms with Crippen molar-refractivity contribution >= 4 is 70.0 Å². The molecule has 0 unspecified atom stereocenters. The number of nitrogens with one attached hydrogen (secondary N) is 1. The third kappa shape index (κ3) is 8.35. The Morgan fingerprint density at radius 3 is 2.28 bits per heavy atom. The maximum atomic E-state index is 13.2. The van der Waals surface area contributed by atoms with Crippen molar-refractivity contribution in [3.8, 4) is 0 Å². The summed E-state index contributed by atoms with van der Waals surface area (Å²) in [6, 6.07) is 9.80. The molecule has 32 heavy (non-hydrogen) atoms. The molecule has 0 saturated heterocycles. The highest BCUT2D eigenvalue weighted by Crippen LogP contribution is 2.26. The molecule has 2 aromatic carbocycles. The van der Waals surface area contributed by atoms with E-state index in [1.54, 1.807) is 42.2 Å². The molecule has 2 rings (SSSR count). The normalized spacial score (nSPS) is 12.4. The summed E-state index contributed by atoms with van der Waals surface area (Å²) in [5, 5.41) is 4.89. The standard InChI is InChI=1S/C23H26Cl4N2O2S/c1-14(22(31)28-23(2,3)4)29(11-15-5-8-18(25)20(27)9-15)21(30)13-32-12-16-6-7-17(24)10-19(16)26/h5-10,14H,11-13H2,1-4H3,(H,28,31)/t14-/m1/s1. The van der Waals surface area contributed by atoms with E-state index in [-0.39, 0.29) is 24.1 Å². The lowest BCUT2D eigenvalue weighted by Crippen LogP contribution is -2.52. The molecule has 2 aromatic rings. The monoisotopic (exact) mass is 534 g/mol. The minimum Gasteiger partial charge on any atom is -0.350 e. The first kappa shape index (κ1) is 27.1. The number of hydrogen-bond acceptors (Lipinski definition) is 3. The van der Waals surface area contributed by atoms with Crippen LogP contribution in [0.15, 0.2) is 36.4 Å². The lowest BCUT2D eigenvalue weighted by Gasteiger charge is -2.31. The van der Waals surface area contributed by atoms with Gasteiger partial charge >= 0.3 is 0 Å². The molecule has 0 aliphatic rings. The molecule has 2 amide bonds. The van der Waals surface area contributed by atoms with Crippen molar-refractivity contribution in [2.45, 2.75) is 51.6 Å². The first-order valence-corrected chi connectivity index (χ1v) is 12.6. The first-order chi connectivity index (χ1) is 14.9. The Morgan fingerprint density at radius 1 is 1.00 bits per heavy atom. The van der Waals surface area contributed by atoms with Gasteiger partial charge < -0.3 is 10.2 Å². The number of nitrogens with zero attached hydrogens (tertiary/aromatic N) is 1. The molecule has 174 valence electrons. The van der Waals surface area contributed by atoms with Crippen LogP contribution in [0.2, 0.25) is 20.1 Å². The Hall–Kier alpha value is -1.11. The quantitative estimate of drug-likeness (QED) is 0.401. The van der Waals surface area contributed by atoms with Crippen molar-refractivity contribution < 1.29 is 9.59 Å². The zero-order chi connectivity index (χ0) is 24.1. The molecule has 0 bridgehead atoms. The smallest absolute Gasteiger partial charge is 0.242 e. The van der Waals surface area contributed by atoms with E-state index >= 15 is 0 Å². The SMILES string of the molecule is C[C@H](C(=O)NC(C)(C)C)N(Cc1ccc(Cl)c(Cl)c1)C(=O)CSCc1ccc(Cl)cc1Cl. The molecule has 0 heterocycles. The summed E-state index contributed by atoms with van der Waals surface area (Å²) in [7, 11) is 0. The second-order valence-corrected chi connectivity index (χ2v) is 11.1. The highest BCUT2D eigenvalue weighted by molar-refractivity contribution is 7.99. The Labute approximate surface area is 213 Å². The zero-order valence-electron chi connectivity index (χ0n) is 18.3. The number of rotatable bonds is 8. The average Bonchev–Trinajstić information content (AvgIpc) is 2.68. The van der Waals surface area contributed by atoms with Crippen LogP contribution in [0.5, 0.6) is 0 Å². The van der Waals surface area contributed by atoms with Gasteiger partial charge in [-0.25, -0.2) is 0 Å². The predicted octanol–water partition coefficient (Wildman–Crippen LogP) is 6.87. The van der Waals surface area contributed by atoms with Crippen molar-refractivity contribution in [2.75, 3.05) is 5.75 Å². The molecular formula is C23H26Cl4N2O2S. The molecule has 4 nitrogen and oxygen atoms in total.